The lowest BCUT2D eigenvalue weighted by Crippen LogP contribution is -2.04. The van der Waals surface area contributed by atoms with Crippen molar-refractivity contribution in [3.05, 3.63) is 42.5 Å². The molecule has 2 aromatic carbocycles. The molecule has 0 amide bonds. The van der Waals surface area contributed by atoms with Crippen molar-refractivity contribution in [1.82, 2.24) is 0 Å². The van der Waals surface area contributed by atoms with E-state index in [1.165, 1.54) is 16.5 Å². The van der Waals surface area contributed by atoms with E-state index in [2.05, 4.69) is 53.7 Å². The second kappa shape index (κ2) is 6.22. The van der Waals surface area contributed by atoms with Gasteiger partial charge in [0.25, 0.3) is 0 Å². The van der Waals surface area contributed by atoms with Crippen LogP contribution < -0.4 is 5.32 Å². The van der Waals surface area contributed by atoms with Gasteiger partial charge in [0, 0.05) is 18.0 Å². The van der Waals surface area contributed by atoms with E-state index >= 15 is 0 Å². The standard InChI is InChI=1S/C15H15NS/c1-2-10-17-11-9-16-15-8-7-13-5-3-4-6-14(13)12-15/h1,3-8,12,16H,9-11H2. The molecule has 0 aliphatic rings. The number of rotatable bonds is 5. The zero-order valence-corrected chi connectivity index (χ0v) is 10.5. The number of nitrogens with one attached hydrogen (secondary N) is 1. The number of anilines is 1. The van der Waals surface area contributed by atoms with Crippen molar-refractivity contribution >= 4 is 28.2 Å². The van der Waals surface area contributed by atoms with Gasteiger partial charge in [0.15, 0.2) is 0 Å². The molecule has 0 saturated heterocycles. The molecule has 0 spiro atoms. The number of terminal acetylenes is 1. The highest BCUT2D eigenvalue weighted by atomic mass is 32.2. The molecular weight excluding hydrogens is 226 g/mol. The summed E-state index contributed by atoms with van der Waals surface area (Å²) in [4.78, 5) is 0. The summed E-state index contributed by atoms with van der Waals surface area (Å²) < 4.78 is 0. The quantitative estimate of drug-likeness (QED) is 0.634. The molecule has 1 N–H and O–H groups in total. The Morgan fingerprint density at radius 1 is 1.12 bits per heavy atom. The molecular formula is C15H15NS. The predicted molar refractivity (Wildman–Crippen MR) is 78.6 cm³/mol. The largest absolute Gasteiger partial charge is 0.384 e. The minimum atomic E-state index is 0.791. The van der Waals surface area contributed by atoms with Gasteiger partial charge in [0.05, 0.1) is 5.75 Å². The van der Waals surface area contributed by atoms with Crippen molar-refractivity contribution in [2.24, 2.45) is 0 Å². The SMILES string of the molecule is C#CCSCCNc1ccc2ccccc2c1. The first-order chi connectivity index (χ1) is 8.40. The van der Waals surface area contributed by atoms with E-state index < -0.39 is 0 Å². The highest BCUT2D eigenvalue weighted by Crippen LogP contribution is 2.18. The topological polar surface area (TPSA) is 12.0 Å². The van der Waals surface area contributed by atoms with Crippen LogP contribution in [0.1, 0.15) is 0 Å². The number of benzene rings is 2. The molecule has 0 aliphatic heterocycles. The van der Waals surface area contributed by atoms with Crippen molar-refractivity contribution in [3.63, 3.8) is 0 Å². The van der Waals surface area contributed by atoms with Crippen LogP contribution in [0.2, 0.25) is 0 Å². The highest BCUT2D eigenvalue weighted by Gasteiger charge is 1.95. The molecule has 17 heavy (non-hydrogen) atoms. The third-order valence-electron chi connectivity index (χ3n) is 2.51. The van der Waals surface area contributed by atoms with Crippen molar-refractivity contribution in [3.8, 4) is 12.3 Å². The number of hydrogen-bond donors (Lipinski definition) is 1. The van der Waals surface area contributed by atoms with Crippen LogP contribution in [0.3, 0.4) is 0 Å². The Hall–Kier alpha value is -1.59. The summed E-state index contributed by atoms with van der Waals surface area (Å²) in [6, 6.07) is 14.8. The summed E-state index contributed by atoms with van der Waals surface area (Å²) in [5, 5.41) is 5.96. The van der Waals surface area contributed by atoms with Crippen LogP contribution in [0.15, 0.2) is 42.5 Å². The van der Waals surface area contributed by atoms with E-state index in [4.69, 9.17) is 6.42 Å². The Morgan fingerprint density at radius 3 is 2.76 bits per heavy atom. The summed E-state index contributed by atoms with van der Waals surface area (Å²) in [5.41, 5.74) is 1.17. The van der Waals surface area contributed by atoms with Crippen molar-refractivity contribution < 1.29 is 0 Å². The third kappa shape index (κ3) is 3.44. The second-order valence-corrected chi connectivity index (χ2v) is 4.85. The van der Waals surface area contributed by atoms with Crippen LogP contribution >= 0.6 is 11.8 Å². The maximum atomic E-state index is 5.19. The fourth-order valence-corrected chi connectivity index (χ4v) is 2.21. The van der Waals surface area contributed by atoms with Gasteiger partial charge >= 0.3 is 0 Å². The van der Waals surface area contributed by atoms with Gasteiger partial charge in [-0.15, -0.1) is 18.2 Å². The Balaban J connectivity index is 1.93. The lowest BCUT2D eigenvalue weighted by molar-refractivity contribution is 1.23. The maximum Gasteiger partial charge on any atom is 0.0545 e. The zero-order valence-electron chi connectivity index (χ0n) is 9.65. The molecule has 0 aliphatic carbocycles. The molecule has 0 unspecified atom stereocenters. The Morgan fingerprint density at radius 2 is 1.94 bits per heavy atom. The Bertz CT molecular complexity index is 528. The molecule has 0 aromatic heterocycles. The van der Waals surface area contributed by atoms with E-state index in [9.17, 15) is 0 Å². The molecule has 0 bridgehead atoms. The van der Waals surface area contributed by atoms with Gasteiger partial charge in [-0.3, -0.25) is 0 Å². The minimum absolute atomic E-state index is 0.791. The number of hydrogen-bond acceptors (Lipinski definition) is 2. The number of thioether (sulfide) groups is 1. The van der Waals surface area contributed by atoms with E-state index in [0.29, 0.717) is 0 Å². The molecule has 2 aromatic rings. The monoisotopic (exact) mass is 241 g/mol. The van der Waals surface area contributed by atoms with Gasteiger partial charge in [-0.1, -0.05) is 36.3 Å². The van der Waals surface area contributed by atoms with Crippen LogP contribution in [0.5, 0.6) is 0 Å². The molecule has 0 heterocycles. The lowest BCUT2D eigenvalue weighted by Gasteiger charge is -2.06. The van der Waals surface area contributed by atoms with Gasteiger partial charge in [-0.05, 0) is 22.9 Å². The van der Waals surface area contributed by atoms with Crippen molar-refractivity contribution in [1.29, 1.82) is 0 Å². The highest BCUT2D eigenvalue weighted by molar-refractivity contribution is 7.99. The zero-order chi connectivity index (χ0) is 11.9. The van der Waals surface area contributed by atoms with Crippen molar-refractivity contribution in [2.75, 3.05) is 23.4 Å². The molecule has 0 atom stereocenters. The van der Waals surface area contributed by atoms with Crippen LogP contribution in [-0.4, -0.2) is 18.1 Å². The van der Waals surface area contributed by atoms with Crippen molar-refractivity contribution in [2.45, 2.75) is 0 Å². The molecule has 86 valence electrons. The molecule has 2 rings (SSSR count). The third-order valence-corrected chi connectivity index (χ3v) is 3.37. The number of fused-ring (bicyclic) bond motifs is 1. The molecule has 0 radical (unpaired) electrons. The summed E-state index contributed by atoms with van der Waals surface area (Å²) >= 11 is 1.78. The average Bonchev–Trinajstić information content (AvgIpc) is 2.38. The first-order valence-electron chi connectivity index (χ1n) is 5.64. The lowest BCUT2D eigenvalue weighted by atomic mass is 10.1. The van der Waals surface area contributed by atoms with Gasteiger partial charge in [0.2, 0.25) is 0 Å². The van der Waals surface area contributed by atoms with E-state index in [0.717, 1.165) is 18.1 Å². The minimum Gasteiger partial charge on any atom is -0.384 e. The van der Waals surface area contributed by atoms with Crippen LogP contribution in [0.4, 0.5) is 5.69 Å². The average molecular weight is 241 g/mol. The van der Waals surface area contributed by atoms with E-state index in [-0.39, 0.29) is 0 Å². The van der Waals surface area contributed by atoms with E-state index in [1.807, 2.05) is 0 Å². The normalized spacial score (nSPS) is 10.1. The summed E-state index contributed by atoms with van der Waals surface area (Å²) in [5.74, 6) is 4.46. The van der Waals surface area contributed by atoms with Gasteiger partial charge in [-0.25, -0.2) is 0 Å². The maximum absolute atomic E-state index is 5.19. The predicted octanol–water partition coefficient (Wildman–Crippen LogP) is 3.62. The Labute approximate surface area is 107 Å². The van der Waals surface area contributed by atoms with Gasteiger partial charge < -0.3 is 5.32 Å². The van der Waals surface area contributed by atoms with Gasteiger partial charge in [0.1, 0.15) is 0 Å². The molecule has 2 heteroatoms. The van der Waals surface area contributed by atoms with Crippen LogP contribution in [0, 0.1) is 12.3 Å². The van der Waals surface area contributed by atoms with Crippen LogP contribution in [0.25, 0.3) is 10.8 Å². The summed E-state index contributed by atoms with van der Waals surface area (Å²) in [6.45, 7) is 0.949. The fourth-order valence-electron chi connectivity index (χ4n) is 1.70. The molecule has 0 saturated carbocycles. The molecule has 1 nitrogen and oxygen atoms in total. The molecule has 0 fully saturated rings. The summed E-state index contributed by atoms with van der Waals surface area (Å²) in [7, 11) is 0. The Kier molecular flexibility index (Phi) is 4.35. The smallest absolute Gasteiger partial charge is 0.0545 e. The first-order valence-corrected chi connectivity index (χ1v) is 6.79. The summed E-state index contributed by atoms with van der Waals surface area (Å²) in [6.07, 6.45) is 5.19. The first kappa shape index (κ1) is 11.9. The second-order valence-electron chi connectivity index (χ2n) is 3.75. The fraction of sp³-hybridized carbons (Fsp3) is 0.200. The van der Waals surface area contributed by atoms with Crippen LogP contribution in [-0.2, 0) is 0 Å². The van der Waals surface area contributed by atoms with E-state index in [1.54, 1.807) is 11.8 Å². The van der Waals surface area contributed by atoms with Gasteiger partial charge in [-0.2, -0.15) is 0 Å².